The van der Waals surface area contributed by atoms with Crippen molar-refractivity contribution in [1.29, 1.82) is 0 Å². The van der Waals surface area contributed by atoms with Crippen molar-refractivity contribution < 1.29 is 9.84 Å². The first-order valence-electron chi connectivity index (χ1n) is 2.23. The highest BCUT2D eigenvalue weighted by molar-refractivity contribution is 9.09. The number of rotatable bonds is 4. The lowest BCUT2D eigenvalue weighted by Gasteiger charge is -2.04. The van der Waals surface area contributed by atoms with Crippen molar-refractivity contribution in [2.75, 3.05) is 19.1 Å². The molecule has 0 aromatic rings. The van der Waals surface area contributed by atoms with Crippen molar-refractivity contribution in [1.82, 2.24) is 0 Å². The van der Waals surface area contributed by atoms with E-state index in [1.165, 1.54) is 0 Å². The molecule has 2 nitrogen and oxygen atoms in total. The highest BCUT2D eigenvalue weighted by Gasteiger charge is 1.97. The summed E-state index contributed by atoms with van der Waals surface area (Å²) in [6.45, 7) is 0.453. The third kappa shape index (κ3) is 4.84. The Labute approximate surface area is 61.9 Å². The van der Waals surface area contributed by atoms with Crippen molar-refractivity contribution >= 4 is 27.5 Å². The van der Waals surface area contributed by atoms with Gasteiger partial charge >= 0.3 is 0 Å². The lowest BCUT2D eigenvalue weighted by atomic mass is 10.7. The van der Waals surface area contributed by atoms with E-state index in [1.54, 1.807) is 0 Å². The SMILES string of the molecule is OCC(Br)OCCCl. The molecule has 0 aliphatic carbocycles. The molecule has 0 amide bonds. The van der Waals surface area contributed by atoms with Crippen LogP contribution in [0.15, 0.2) is 0 Å². The molecule has 0 aromatic carbocycles. The summed E-state index contributed by atoms with van der Waals surface area (Å²) in [6, 6.07) is 0. The van der Waals surface area contributed by atoms with Crippen molar-refractivity contribution in [2.24, 2.45) is 0 Å². The fourth-order valence-electron chi connectivity index (χ4n) is 0.225. The van der Waals surface area contributed by atoms with Gasteiger partial charge in [0.15, 0.2) is 0 Å². The Morgan fingerprint density at radius 1 is 1.75 bits per heavy atom. The number of aliphatic hydroxyl groups is 1. The number of aliphatic hydroxyl groups excluding tert-OH is 1. The molecule has 0 saturated carbocycles. The van der Waals surface area contributed by atoms with Crippen LogP contribution in [0.3, 0.4) is 0 Å². The van der Waals surface area contributed by atoms with Crippen LogP contribution < -0.4 is 0 Å². The second-order valence-electron chi connectivity index (χ2n) is 1.15. The van der Waals surface area contributed by atoms with Gasteiger partial charge in [0, 0.05) is 5.88 Å². The van der Waals surface area contributed by atoms with Gasteiger partial charge in [-0.1, -0.05) is 15.9 Å². The minimum Gasteiger partial charge on any atom is -0.393 e. The average molecular weight is 203 g/mol. The molecule has 0 heterocycles. The summed E-state index contributed by atoms with van der Waals surface area (Å²) in [6.07, 6.45) is 0. The van der Waals surface area contributed by atoms with Gasteiger partial charge in [0.1, 0.15) is 5.01 Å². The molecule has 0 aromatic heterocycles. The monoisotopic (exact) mass is 202 g/mol. The summed E-state index contributed by atoms with van der Waals surface area (Å²) >= 11 is 8.32. The topological polar surface area (TPSA) is 29.5 Å². The van der Waals surface area contributed by atoms with E-state index in [4.69, 9.17) is 21.4 Å². The fourth-order valence-corrected chi connectivity index (χ4v) is 0.501. The van der Waals surface area contributed by atoms with Gasteiger partial charge in [0.2, 0.25) is 0 Å². The largest absolute Gasteiger partial charge is 0.393 e. The lowest BCUT2D eigenvalue weighted by Crippen LogP contribution is -2.10. The van der Waals surface area contributed by atoms with Gasteiger partial charge in [0.05, 0.1) is 13.2 Å². The number of alkyl halides is 2. The molecule has 50 valence electrons. The molecule has 0 aliphatic heterocycles. The molecule has 1 atom stereocenters. The zero-order valence-electron chi connectivity index (χ0n) is 4.31. The molecule has 0 radical (unpaired) electrons. The first-order chi connectivity index (χ1) is 3.81. The van der Waals surface area contributed by atoms with Crippen molar-refractivity contribution in [3.05, 3.63) is 0 Å². The number of hydrogen-bond donors (Lipinski definition) is 1. The molecule has 0 bridgehead atoms. The number of hydrogen-bond acceptors (Lipinski definition) is 2. The molecule has 1 N–H and O–H groups in total. The summed E-state index contributed by atoms with van der Waals surface area (Å²) in [5.41, 5.74) is 0. The molecular formula is C4H8BrClO2. The standard InChI is InChI=1S/C4H8BrClO2/c5-4(3-7)8-2-1-6/h4,7H,1-3H2. The van der Waals surface area contributed by atoms with E-state index in [-0.39, 0.29) is 11.6 Å². The van der Waals surface area contributed by atoms with Crippen LogP contribution in [0.4, 0.5) is 0 Å². The van der Waals surface area contributed by atoms with E-state index in [0.29, 0.717) is 12.5 Å². The highest BCUT2D eigenvalue weighted by Crippen LogP contribution is 1.98. The Kier molecular flexibility index (Phi) is 6.32. The maximum atomic E-state index is 8.35. The molecule has 0 fully saturated rings. The Morgan fingerprint density at radius 3 is 2.75 bits per heavy atom. The van der Waals surface area contributed by atoms with Gasteiger partial charge in [-0.05, 0) is 0 Å². The summed E-state index contributed by atoms with van der Waals surface area (Å²) < 4.78 is 4.88. The van der Waals surface area contributed by atoms with Crippen LogP contribution in [0.2, 0.25) is 0 Å². The predicted octanol–water partition coefficient (Wildman–Crippen LogP) is 0.955. The summed E-state index contributed by atoms with van der Waals surface area (Å²) in [5, 5.41) is 8.08. The molecule has 0 spiro atoms. The predicted molar refractivity (Wildman–Crippen MR) is 36.5 cm³/mol. The third-order valence-corrected chi connectivity index (χ3v) is 1.23. The van der Waals surface area contributed by atoms with E-state index < -0.39 is 0 Å². The average Bonchev–Trinajstić information content (AvgIpc) is 1.83. The van der Waals surface area contributed by atoms with Gasteiger partial charge in [-0.15, -0.1) is 11.6 Å². The normalized spacial score (nSPS) is 13.9. The summed E-state index contributed by atoms with van der Waals surface area (Å²) in [4.78, 5) is 0. The smallest absolute Gasteiger partial charge is 0.135 e. The van der Waals surface area contributed by atoms with Crippen LogP contribution in [0.1, 0.15) is 0 Å². The van der Waals surface area contributed by atoms with Gasteiger partial charge in [0.25, 0.3) is 0 Å². The van der Waals surface area contributed by atoms with Crippen molar-refractivity contribution in [3.63, 3.8) is 0 Å². The highest BCUT2D eigenvalue weighted by atomic mass is 79.9. The van der Waals surface area contributed by atoms with Gasteiger partial charge in [-0.25, -0.2) is 0 Å². The third-order valence-electron chi connectivity index (χ3n) is 0.519. The fraction of sp³-hybridized carbons (Fsp3) is 1.00. The van der Waals surface area contributed by atoms with E-state index in [0.717, 1.165) is 0 Å². The number of halogens is 2. The Bertz CT molecular complexity index is 53.3. The summed E-state index contributed by atoms with van der Waals surface area (Å²) in [5.74, 6) is 0.460. The lowest BCUT2D eigenvalue weighted by molar-refractivity contribution is 0.0830. The van der Waals surface area contributed by atoms with Crippen LogP contribution in [0.5, 0.6) is 0 Å². The molecule has 0 aliphatic rings. The van der Waals surface area contributed by atoms with Crippen LogP contribution in [0.25, 0.3) is 0 Å². The van der Waals surface area contributed by atoms with E-state index in [1.807, 2.05) is 0 Å². The van der Waals surface area contributed by atoms with Crippen molar-refractivity contribution in [2.45, 2.75) is 5.01 Å². The minimum atomic E-state index is -0.263. The maximum absolute atomic E-state index is 8.35. The number of ether oxygens (including phenoxy) is 1. The van der Waals surface area contributed by atoms with Crippen LogP contribution >= 0.6 is 27.5 Å². The minimum absolute atomic E-state index is 0.0170. The molecule has 1 unspecified atom stereocenters. The Morgan fingerprint density at radius 2 is 2.38 bits per heavy atom. The second kappa shape index (κ2) is 5.82. The van der Waals surface area contributed by atoms with Gasteiger partial charge in [-0.3, -0.25) is 0 Å². The van der Waals surface area contributed by atoms with Crippen LogP contribution in [-0.2, 0) is 4.74 Å². The van der Waals surface area contributed by atoms with E-state index in [2.05, 4.69) is 15.9 Å². The summed E-state index contributed by atoms with van der Waals surface area (Å²) in [7, 11) is 0. The maximum Gasteiger partial charge on any atom is 0.135 e. The van der Waals surface area contributed by atoms with Crippen molar-refractivity contribution in [3.8, 4) is 0 Å². The molecule has 0 saturated heterocycles. The first-order valence-corrected chi connectivity index (χ1v) is 3.68. The second-order valence-corrected chi connectivity index (χ2v) is 2.55. The first kappa shape index (κ1) is 8.69. The van der Waals surface area contributed by atoms with Crippen LogP contribution in [0, 0.1) is 0 Å². The molecule has 4 heteroatoms. The van der Waals surface area contributed by atoms with E-state index in [9.17, 15) is 0 Å². The zero-order valence-corrected chi connectivity index (χ0v) is 6.65. The molecule has 8 heavy (non-hydrogen) atoms. The van der Waals surface area contributed by atoms with Gasteiger partial charge in [-0.2, -0.15) is 0 Å². The Balaban J connectivity index is 2.86. The quantitative estimate of drug-likeness (QED) is 0.690. The van der Waals surface area contributed by atoms with Crippen LogP contribution in [-0.4, -0.2) is 29.2 Å². The van der Waals surface area contributed by atoms with Gasteiger partial charge < -0.3 is 9.84 Å². The zero-order chi connectivity index (χ0) is 6.41. The molecular weight excluding hydrogens is 195 g/mol. The molecule has 0 rings (SSSR count). The Hall–Kier alpha value is 0.690. The van der Waals surface area contributed by atoms with E-state index >= 15 is 0 Å².